The number of non-ortho nitro benzene ring substituents is 1. The van der Waals surface area contributed by atoms with Crippen LogP contribution in [0.15, 0.2) is 42.5 Å². The van der Waals surface area contributed by atoms with Crippen molar-refractivity contribution in [1.29, 1.82) is 0 Å². The maximum Gasteiger partial charge on any atom is 0.311 e. The molecule has 2 aromatic carbocycles. The Morgan fingerprint density at radius 1 is 1.19 bits per heavy atom. The van der Waals surface area contributed by atoms with Gasteiger partial charge in [-0.05, 0) is 25.5 Å². The average Bonchev–Trinajstić information content (AvgIpc) is 2.63. The second-order valence-corrected chi connectivity index (χ2v) is 5.93. The van der Waals surface area contributed by atoms with Gasteiger partial charge in [0.15, 0.2) is 6.10 Å². The highest BCUT2D eigenvalue weighted by atomic mass is 16.6. The zero-order valence-electron chi connectivity index (χ0n) is 15.2. The largest absolute Gasteiger partial charge is 0.494 e. The van der Waals surface area contributed by atoms with Crippen molar-refractivity contribution in [3.05, 3.63) is 63.7 Å². The molecule has 0 saturated heterocycles. The second-order valence-electron chi connectivity index (χ2n) is 5.93. The van der Waals surface area contributed by atoms with Crippen molar-refractivity contribution in [2.24, 2.45) is 0 Å². The van der Waals surface area contributed by atoms with E-state index in [4.69, 9.17) is 9.47 Å². The van der Waals surface area contributed by atoms with Gasteiger partial charge in [0.05, 0.1) is 30.2 Å². The van der Waals surface area contributed by atoms with Gasteiger partial charge in [-0.3, -0.25) is 19.7 Å². The lowest BCUT2D eigenvalue weighted by Gasteiger charge is -2.15. The first-order valence-corrected chi connectivity index (χ1v) is 8.18. The Kier molecular flexibility index (Phi) is 6.48. The van der Waals surface area contributed by atoms with E-state index in [9.17, 15) is 19.7 Å². The maximum absolute atomic E-state index is 12.3. The highest BCUT2D eigenvalue weighted by molar-refractivity contribution is 5.96. The van der Waals surface area contributed by atoms with Crippen LogP contribution in [0.25, 0.3) is 0 Å². The maximum atomic E-state index is 12.3. The number of hydrogen-bond acceptors (Lipinski definition) is 6. The number of anilines is 1. The van der Waals surface area contributed by atoms with Gasteiger partial charge in [0, 0.05) is 6.07 Å². The smallest absolute Gasteiger partial charge is 0.311 e. The van der Waals surface area contributed by atoms with Crippen molar-refractivity contribution in [2.45, 2.75) is 26.4 Å². The molecule has 1 N–H and O–H groups in total. The molecule has 0 radical (unpaired) electrons. The fourth-order valence-corrected chi connectivity index (χ4v) is 2.30. The van der Waals surface area contributed by atoms with E-state index in [-0.39, 0.29) is 23.5 Å². The Labute approximate surface area is 156 Å². The molecule has 8 heteroatoms. The molecule has 8 nitrogen and oxygen atoms in total. The monoisotopic (exact) mass is 372 g/mol. The molecule has 0 heterocycles. The first-order chi connectivity index (χ1) is 12.8. The first kappa shape index (κ1) is 19.9. The number of ether oxygens (including phenoxy) is 2. The molecule has 0 spiro atoms. The van der Waals surface area contributed by atoms with Crippen LogP contribution in [0.2, 0.25) is 0 Å². The van der Waals surface area contributed by atoms with Crippen LogP contribution < -0.4 is 10.1 Å². The number of nitrogens with one attached hydrogen (secondary N) is 1. The van der Waals surface area contributed by atoms with Crippen molar-refractivity contribution >= 4 is 23.3 Å². The average molecular weight is 372 g/mol. The predicted octanol–water partition coefficient (Wildman–Crippen LogP) is 3.02. The Morgan fingerprint density at radius 3 is 2.44 bits per heavy atom. The van der Waals surface area contributed by atoms with E-state index in [0.29, 0.717) is 0 Å². The van der Waals surface area contributed by atoms with E-state index >= 15 is 0 Å². The number of carbonyl (C=O) groups is 2. The fraction of sp³-hybridized carbons (Fsp3) is 0.263. The topological polar surface area (TPSA) is 108 Å². The van der Waals surface area contributed by atoms with Gasteiger partial charge in [0.2, 0.25) is 0 Å². The van der Waals surface area contributed by atoms with E-state index in [1.807, 2.05) is 31.2 Å². The van der Waals surface area contributed by atoms with Crippen molar-refractivity contribution in [1.82, 2.24) is 0 Å². The van der Waals surface area contributed by atoms with E-state index < -0.39 is 22.9 Å². The van der Waals surface area contributed by atoms with Crippen LogP contribution in [0, 0.1) is 17.0 Å². The Bertz CT molecular complexity index is 848. The SMILES string of the molecule is COc1cc([N+](=O)[O-])ccc1NC(=O)[C@H](C)OC(=O)Cc1ccc(C)cc1. The molecule has 0 saturated carbocycles. The summed E-state index contributed by atoms with van der Waals surface area (Å²) in [5.74, 6) is -0.965. The molecule has 0 unspecified atom stereocenters. The lowest BCUT2D eigenvalue weighted by atomic mass is 10.1. The number of amides is 1. The van der Waals surface area contributed by atoms with Gasteiger partial charge < -0.3 is 14.8 Å². The third-order valence-corrected chi connectivity index (χ3v) is 3.80. The standard InChI is InChI=1S/C19H20N2O6/c1-12-4-6-14(7-5-12)10-18(22)27-13(2)19(23)20-16-9-8-15(21(24)25)11-17(16)26-3/h4-9,11,13H,10H2,1-3H3,(H,20,23)/t13-/m0/s1. The minimum Gasteiger partial charge on any atom is -0.494 e. The molecule has 0 aliphatic carbocycles. The number of aryl methyl sites for hydroxylation is 1. The summed E-state index contributed by atoms with van der Waals surface area (Å²) in [5, 5.41) is 13.3. The zero-order chi connectivity index (χ0) is 20.0. The van der Waals surface area contributed by atoms with Crippen LogP contribution in [0.5, 0.6) is 5.75 Å². The summed E-state index contributed by atoms with van der Waals surface area (Å²) in [5.41, 5.74) is 1.95. The van der Waals surface area contributed by atoms with Crippen LogP contribution >= 0.6 is 0 Å². The quantitative estimate of drug-likeness (QED) is 0.455. The number of nitrogens with zero attached hydrogens (tertiary/aromatic N) is 1. The van der Waals surface area contributed by atoms with Crippen molar-refractivity contribution in [2.75, 3.05) is 12.4 Å². The Balaban J connectivity index is 1.97. The van der Waals surface area contributed by atoms with Crippen LogP contribution in [0.1, 0.15) is 18.1 Å². The molecule has 1 amide bonds. The lowest BCUT2D eigenvalue weighted by molar-refractivity contribution is -0.384. The minimum atomic E-state index is -1.04. The third-order valence-electron chi connectivity index (χ3n) is 3.80. The summed E-state index contributed by atoms with van der Waals surface area (Å²) in [6, 6.07) is 11.2. The number of esters is 1. The van der Waals surface area contributed by atoms with Gasteiger partial charge in [0.1, 0.15) is 5.75 Å². The molecular formula is C19H20N2O6. The van der Waals surface area contributed by atoms with Crippen LogP contribution in [0.3, 0.4) is 0 Å². The summed E-state index contributed by atoms with van der Waals surface area (Å²) in [4.78, 5) is 34.5. The van der Waals surface area contributed by atoms with E-state index in [1.54, 1.807) is 0 Å². The van der Waals surface area contributed by atoms with Gasteiger partial charge in [-0.15, -0.1) is 0 Å². The third kappa shape index (κ3) is 5.53. The van der Waals surface area contributed by atoms with Gasteiger partial charge >= 0.3 is 5.97 Å². The summed E-state index contributed by atoms with van der Waals surface area (Å²) in [7, 11) is 1.33. The van der Waals surface area contributed by atoms with Crippen molar-refractivity contribution in [3.63, 3.8) is 0 Å². The molecule has 0 fully saturated rings. The van der Waals surface area contributed by atoms with Crippen molar-refractivity contribution < 1.29 is 24.0 Å². The summed E-state index contributed by atoms with van der Waals surface area (Å²) >= 11 is 0. The fourth-order valence-electron chi connectivity index (χ4n) is 2.30. The van der Waals surface area contributed by atoms with Gasteiger partial charge in [-0.25, -0.2) is 0 Å². The number of carbonyl (C=O) groups excluding carboxylic acids is 2. The normalized spacial score (nSPS) is 11.4. The van der Waals surface area contributed by atoms with Gasteiger partial charge in [-0.2, -0.15) is 0 Å². The highest BCUT2D eigenvalue weighted by Crippen LogP contribution is 2.29. The molecule has 0 aliphatic heterocycles. The van der Waals surface area contributed by atoms with Crippen LogP contribution in [-0.2, 0) is 20.7 Å². The zero-order valence-corrected chi connectivity index (χ0v) is 15.2. The molecule has 2 rings (SSSR count). The number of hydrogen-bond donors (Lipinski definition) is 1. The first-order valence-electron chi connectivity index (χ1n) is 8.18. The molecular weight excluding hydrogens is 352 g/mol. The van der Waals surface area contributed by atoms with Crippen LogP contribution in [-0.4, -0.2) is 30.0 Å². The molecule has 142 valence electrons. The predicted molar refractivity (Wildman–Crippen MR) is 98.7 cm³/mol. The lowest BCUT2D eigenvalue weighted by Crippen LogP contribution is -2.30. The number of methoxy groups -OCH3 is 1. The number of rotatable bonds is 7. The molecule has 27 heavy (non-hydrogen) atoms. The van der Waals surface area contributed by atoms with Gasteiger partial charge in [0.25, 0.3) is 11.6 Å². The molecule has 0 aliphatic rings. The summed E-state index contributed by atoms with van der Waals surface area (Å²) in [6.45, 7) is 3.39. The van der Waals surface area contributed by atoms with Crippen molar-refractivity contribution in [3.8, 4) is 5.75 Å². The van der Waals surface area contributed by atoms with Crippen LogP contribution in [0.4, 0.5) is 11.4 Å². The second kappa shape index (κ2) is 8.79. The van der Waals surface area contributed by atoms with E-state index in [0.717, 1.165) is 11.1 Å². The Hall–Kier alpha value is -3.42. The van der Waals surface area contributed by atoms with E-state index in [1.165, 1.54) is 32.2 Å². The molecule has 2 aromatic rings. The minimum absolute atomic E-state index is 0.0543. The molecule has 0 bridgehead atoms. The number of nitro benzene ring substituents is 1. The Morgan fingerprint density at radius 2 is 1.85 bits per heavy atom. The number of benzene rings is 2. The van der Waals surface area contributed by atoms with E-state index in [2.05, 4.69) is 5.32 Å². The summed E-state index contributed by atoms with van der Waals surface area (Å²) < 4.78 is 10.2. The molecule has 1 atom stereocenters. The number of nitro groups is 1. The summed E-state index contributed by atoms with van der Waals surface area (Å²) in [6.07, 6.45) is -0.985. The highest BCUT2D eigenvalue weighted by Gasteiger charge is 2.20. The molecule has 0 aromatic heterocycles. The van der Waals surface area contributed by atoms with Gasteiger partial charge in [-0.1, -0.05) is 29.8 Å².